The first-order valence-corrected chi connectivity index (χ1v) is 5.22. The van der Waals surface area contributed by atoms with E-state index in [9.17, 15) is 4.79 Å². The van der Waals surface area contributed by atoms with Crippen LogP contribution in [0.5, 0.6) is 0 Å². The number of carbonyl (C=O) groups is 1. The van der Waals surface area contributed by atoms with Gasteiger partial charge in [0.05, 0.1) is 0 Å². The summed E-state index contributed by atoms with van der Waals surface area (Å²) in [4.78, 5) is 11.0. The average Bonchev–Trinajstić information content (AvgIpc) is 2.11. The topological polar surface area (TPSA) is 17.1 Å². The van der Waals surface area contributed by atoms with E-state index in [0.717, 1.165) is 25.7 Å². The lowest BCUT2D eigenvalue weighted by Gasteiger charge is -2.03. The van der Waals surface area contributed by atoms with Crippen LogP contribution in [0, 0.1) is 0 Å². The van der Waals surface area contributed by atoms with E-state index in [1.165, 1.54) is 11.1 Å². The highest BCUT2D eigenvalue weighted by Crippen LogP contribution is 2.12. The van der Waals surface area contributed by atoms with E-state index in [1.807, 2.05) is 6.92 Å². The van der Waals surface area contributed by atoms with Gasteiger partial charge in [-0.2, -0.15) is 0 Å². The number of unbranched alkanes of at least 4 members (excludes halogenated alkanes) is 1. The van der Waals surface area contributed by atoms with Crippen molar-refractivity contribution in [2.24, 2.45) is 0 Å². The first-order chi connectivity index (χ1) is 6.07. The van der Waals surface area contributed by atoms with Crippen LogP contribution < -0.4 is 0 Å². The van der Waals surface area contributed by atoms with Crippen molar-refractivity contribution in [1.82, 2.24) is 0 Å². The lowest BCUT2D eigenvalue weighted by Crippen LogP contribution is -1.94. The predicted molar refractivity (Wildman–Crippen MR) is 57.8 cm³/mol. The van der Waals surface area contributed by atoms with Crippen molar-refractivity contribution in [3.63, 3.8) is 0 Å². The van der Waals surface area contributed by atoms with E-state index in [0.29, 0.717) is 12.2 Å². The Bertz CT molecular complexity index is 185. The fourth-order valence-electron chi connectivity index (χ4n) is 1.14. The molecule has 0 spiro atoms. The molecular formula is C12H22O. The summed E-state index contributed by atoms with van der Waals surface area (Å²) >= 11 is 0. The van der Waals surface area contributed by atoms with Crippen molar-refractivity contribution in [1.29, 1.82) is 0 Å². The fourth-order valence-corrected chi connectivity index (χ4v) is 1.14. The normalized spacial score (nSPS) is 9.85. The zero-order chi connectivity index (χ0) is 10.3. The Morgan fingerprint density at radius 2 is 1.54 bits per heavy atom. The Balaban J connectivity index is 3.47. The van der Waals surface area contributed by atoms with Crippen LogP contribution in [0.25, 0.3) is 0 Å². The molecule has 0 unspecified atom stereocenters. The van der Waals surface area contributed by atoms with Crippen molar-refractivity contribution in [2.75, 3.05) is 0 Å². The molecular weight excluding hydrogens is 160 g/mol. The van der Waals surface area contributed by atoms with Crippen molar-refractivity contribution in [2.45, 2.75) is 59.8 Å². The molecule has 0 aromatic rings. The lowest BCUT2D eigenvalue weighted by molar-refractivity contribution is -0.118. The number of carbonyl (C=O) groups excluding carboxylic acids is 1. The highest BCUT2D eigenvalue weighted by Gasteiger charge is 1.98. The standard InChI is InChI=1S/C12H22O/c1-5-12(13)9-7-6-8-11(4)10(2)3/h5-9H2,1-4H3. The molecule has 1 nitrogen and oxygen atoms in total. The second kappa shape index (κ2) is 6.88. The monoisotopic (exact) mass is 182 g/mol. The molecule has 0 bridgehead atoms. The molecule has 76 valence electrons. The van der Waals surface area contributed by atoms with Gasteiger partial charge in [-0.1, -0.05) is 18.1 Å². The van der Waals surface area contributed by atoms with E-state index >= 15 is 0 Å². The molecule has 0 atom stereocenters. The Labute approximate surface area is 82.2 Å². The van der Waals surface area contributed by atoms with Crippen molar-refractivity contribution >= 4 is 5.78 Å². The van der Waals surface area contributed by atoms with Gasteiger partial charge >= 0.3 is 0 Å². The number of Topliss-reactive ketones (excluding diaryl/α,β-unsaturated/α-hetero) is 1. The minimum absolute atomic E-state index is 0.398. The van der Waals surface area contributed by atoms with Crippen LogP contribution in [0.2, 0.25) is 0 Å². The summed E-state index contributed by atoms with van der Waals surface area (Å²) < 4.78 is 0. The van der Waals surface area contributed by atoms with Crippen LogP contribution >= 0.6 is 0 Å². The van der Waals surface area contributed by atoms with E-state index < -0.39 is 0 Å². The zero-order valence-corrected chi connectivity index (χ0v) is 9.44. The van der Waals surface area contributed by atoms with Gasteiger partial charge in [-0.05, 0) is 40.0 Å². The maximum Gasteiger partial charge on any atom is 0.132 e. The molecule has 0 rings (SSSR count). The van der Waals surface area contributed by atoms with Gasteiger partial charge in [-0.15, -0.1) is 0 Å². The van der Waals surface area contributed by atoms with E-state index in [2.05, 4.69) is 20.8 Å². The fraction of sp³-hybridized carbons (Fsp3) is 0.750. The van der Waals surface area contributed by atoms with Crippen LogP contribution in [0.1, 0.15) is 59.8 Å². The van der Waals surface area contributed by atoms with Crippen LogP contribution in [0.4, 0.5) is 0 Å². The lowest BCUT2D eigenvalue weighted by atomic mass is 10.0. The molecule has 13 heavy (non-hydrogen) atoms. The average molecular weight is 182 g/mol. The maximum absolute atomic E-state index is 11.0. The van der Waals surface area contributed by atoms with Crippen LogP contribution in [-0.2, 0) is 4.79 Å². The van der Waals surface area contributed by atoms with Gasteiger partial charge < -0.3 is 0 Å². The molecule has 0 saturated heterocycles. The van der Waals surface area contributed by atoms with Crippen molar-refractivity contribution in [3.05, 3.63) is 11.1 Å². The second-order valence-electron chi connectivity index (χ2n) is 3.88. The molecule has 0 fully saturated rings. The number of allylic oxidation sites excluding steroid dienone is 2. The highest BCUT2D eigenvalue weighted by atomic mass is 16.1. The molecule has 0 radical (unpaired) electrons. The minimum atomic E-state index is 0.398. The van der Waals surface area contributed by atoms with Gasteiger partial charge in [-0.3, -0.25) is 4.79 Å². The second-order valence-corrected chi connectivity index (χ2v) is 3.88. The van der Waals surface area contributed by atoms with Gasteiger partial charge in [0.2, 0.25) is 0 Å². The quantitative estimate of drug-likeness (QED) is 0.450. The van der Waals surface area contributed by atoms with Crippen molar-refractivity contribution < 1.29 is 4.79 Å². The van der Waals surface area contributed by atoms with Gasteiger partial charge in [-0.25, -0.2) is 0 Å². The van der Waals surface area contributed by atoms with E-state index in [-0.39, 0.29) is 0 Å². The first-order valence-electron chi connectivity index (χ1n) is 5.22. The summed E-state index contributed by atoms with van der Waals surface area (Å²) in [5, 5.41) is 0. The summed E-state index contributed by atoms with van der Waals surface area (Å²) in [6.07, 6.45) is 4.83. The number of hydrogen-bond donors (Lipinski definition) is 0. The van der Waals surface area contributed by atoms with Gasteiger partial charge in [0.15, 0.2) is 0 Å². The van der Waals surface area contributed by atoms with Gasteiger partial charge in [0.1, 0.15) is 5.78 Å². The predicted octanol–water partition coefficient (Wildman–Crippen LogP) is 3.88. The Kier molecular flexibility index (Phi) is 6.56. The molecule has 0 aliphatic carbocycles. The third-order valence-corrected chi connectivity index (χ3v) is 2.51. The Morgan fingerprint density at radius 3 is 2.00 bits per heavy atom. The first kappa shape index (κ1) is 12.4. The van der Waals surface area contributed by atoms with Crippen LogP contribution in [-0.4, -0.2) is 5.78 Å². The summed E-state index contributed by atoms with van der Waals surface area (Å²) in [6, 6.07) is 0. The molecule has 0 aliphatic rings. The summed E-state index contributed by atoms with van der Waals surface area (Å²) in [6.45, 7) is 8.40. The largest absolute Gasteiger partial charge is 0.300 e. The third-order valence-electron chi connectivity index (χ3n) is 2.51. The van der Waals surface area contributed by atoms with Gasteiger partial charge in [0.25, 0.3) is 0 Å². The number of hydrogen-bond acceptors (Lipinski definition) is 1. The minimum Gasteiger partial charge on any atom is -0.300 e. The molecule has 0 saturated carbocycles. The summed E-state index contributed by atoms with van der Waals surface area (Å²) in [5.41, 5.74) is 2.89. The smallest absolute Gasteiger partial charge is 0.132 e. The molecule has 0 aliphatic heterocycles. The molecule has 0 heterocycles. The maximum atomic E-state index is 11.0. The number of ketones is 1. The Hall–Kier alpha value is -0.590. The molecule has 0 N–H and O–H groups in total. The number of rotatable bonds is 6. The van der Waals surface area contributed by atoms with Crippen LogP contribution in [0.3, 0.4) is 0 Å². The summed E-state index contributed by atoms with van der Waals surface area (Å²) in [7, 11) is 0. The molecule has 0 amide bonds. The SMILES string of the molecule is CCC(=O)CCCCC(C)=C(C)C. The van der Waals surface area contributed by atoms with Crippen molar-refractivity contribution in [3.8, 4) is 0 Å². The Morgan fingerprint density at radius 1 is 1.00 bits per heavy atom. The summed E-state index contributed by atoms with van der Waals surface area (Å²) in [5.74, 6) is 0.398. The zero-order valence-electron chi connectivity index (χ0n) is 9.44. The van der Waals surface area contributed by atoms with Crippen LogP contribution in [0.15, 0.2) is 11.1 Å². The molecule has 0 aromatic carbocycles. The highest BCUT2D eigenvalue weighted by molar-refractivity contribution is 5.77. The molecule has 0 aromatic heterocycles. The van der Waals surface area contributed by atoms with Gasteiger partial charge in [0, 0.05) is 12.8 Å². The van der Waals surface area contributed by atoms with E-state index in [4.69, 9.17) is 0 Å². The molecule has 1 heteroatoms. The van der Waals surface area contributed by atoms with E-state index in [1.54, 1.807) is 0 Å². The third kappa shape index (κ3) is 6.56.